The van der Waals surface area contributed by atoms with Crippen molar-refractivity contribution < 1.29 is 4.79 Å². The standard InChI is InChI=1S/C18H15N5OS/c1-12-3-5-14(6-4-12)16-10-25-18(21-16)23-13(2)15(9-20-23)17(24)22-8-7-19-11-22/h3-11H,1-2H3. The van der Waals surface area contributed by atoms with Crippen LogP contribution in [0.2, 0.25) is 0 Å². The number of carbonyl (C=O) groups excluding carboxylic acids is 1. The summed E-state index contributed by atoms with van der Waals surface area (Å²) in [5, 5.41) is 7.08. The van der Waals surface area contributed by atoms with Crippen molar-refractivity contribution in [3.05, 3.63) is 71.4 Å². The van der Waals surface area contributed by atoms with E-state index in [4.69, 9.17) is 0 Å². The van der Waals surface area contributed by atoms with Gasteiger partial charge in [0.15, 0.2) is 0 Å². The highest BCUT2D eigenvalue weighted by molar-refractivity contribution is 7.12. The number of aromatic nitrogens is 5. The molecular weight excluding hydrogens is 334 g/mol. The Hall–Kier alpha value is -3.06. The number of rotatable bonds is 3. The largest absolute Gasteiger partial charge is 0.272 e. The first-order valence-electron chi connectivity index (χ1n) is 7.74. The minimum Gasteiger partial charge on any atom is -0.272 e. The molecule has 0 bridgehead atoms. The highest BCUT2D eigenvalue weighted by Gasteiger charge is 2.18. The minimum atomic E-state index is -0.156. The van der Waals surface area contributed by atoms with Gasteiger partial charge >= 0.3 is 0 Å². The van der Waals surface area contributed by atoms with Crippen LogP contribution in [0.3, 0.4) is 0 Å². The van der Waals surface area contributed by atoms with Crippen LogP contribution in [0.5, 0.6) is 0 Å². The van der Waals surface area contributed by atoms with Crippen molar-refractivity contribution in [3.63, 3.8) is 0 Å². The molecule has 0 radical (unpaired) electrons. The molecule has 0 saturated carbocycles. The van der Waals surface area contributed by atoms with Crippen LogP contribution >= 0.6 is 11.3 Å². The second kappa shape index (κ2) is 6.10. The van der Waals surface area contributed by atoms with Crippen LogP contribution in [-0.2, 0) is 0 Å². The van der Waals surface area contributed by atoms with Crippen LogP contribution in [0.25, 0.3) is 16.4 Å². The molecule has 0 N–H and O–H groups in total. The highest BCUT2D eigenvalue weighted by atomic mass is 32.1. The number of hydrogen-bond donors (Lipinski definition) is 0. The predicted molar refractivity (Wildman–Crippen MR) is 96.1 cm³/mol. The van der Waals surface area contributed by atoms with Crippen molar-refractivity contribution in [2.45, 2.75) is 13.8 Å². The Bertz CT molecular complexity index is 1030. The first-order chi connectivity index (χ1) is 12.1. The molecule has 0 spiro atoms. The van der Waals surface area contributed by atoms with E-state index in [0.29, 0.717) is 5.56 Å². The van der Waals surface area contributed by atoms with E-state index in [0.717, 1.165) is 22.1 Å². The Morgan fingerprint density at radius 3 is 2.68 bits per heavy atom. The Balaban J connectivity index is 1.67. The summed E-state index contributed by atoms with van der Waals surface area (Å²) in [6, 6.07) is 8.24. The van der Waals surface area contributed by atoms with Gasteiger partial charge in [-0.05, 0) is 13.8 Å². The van der Waals surface area contributed by atoms with Gasteiger partial charge in [-0.1, -0.05) is 29.8 Å². The molecule has 25 heavy (non-hydrogen) atoms. The first kappa shape index (κ1) is 15.5. The van der Waals surface area contributed by atoms with Crippen molar-refractivity contribution in [2.24, 2.45) is 0 Å². The fraction of sp³-hybridized carbons (Fsp3) is 0.111. The molecule has 124 valence electrons. The molecule has 0 atom stereocenters. The third-order valence-electron chi connectivity index (χ3n) is 4.00. The lowest BCUT2D eigenvalue weighted by Crippen LogP contribution is -2.11. The molecular formula is C18H15N5OS. The molecule has 7 heteroatoms. The third kappa shape index (κ3) is 2.78. The molecule has 0 unspecified atom stereocenters. The topological polar surface area (TPSA) is 65.6 Å². The molecule has 0 aliphatic heterocycles. The van der Waals surface area contributed by atoms with Gasteiger partial charge in [0.2, 0.25) is 5.13 Å². The lowest BCUT2D eigenvalue weighted by molar-refractivity contribution is 0.0959. The molecule has 0 aliphatic carbocycles. The summed E-state index contributed by atoms with van der Waals surface area (Å²) < 4.78 is 3.14. The van der Waals surface area contributed by atoms with Gasteiger partial charge in [-0.15, -0.1) is 11.3 Å². The highest BCUT2D eigenvalue weighted by Crippen LogP contribution is 2.25. The molecule has 3 aromatic heterocycles. The molecule has 6 nitrogen and oxygen atoms in total. The average molecular weight is 349 g/mol. The molecule has 4 aromatic rings. The number of benzene rings is 1. The monoisotopic (exact) mass is 349 g/mol. The zero-order valence-electron chi connectivity index (χ0n) is 13.7. The maximum atomic E-state index is 12.5. The van der Waals surface area contributed by atoms with E-state index in [-0.39, 0.29) is 5.91 Å². The number of thiazole rings is 1. The van der Waals surface area contributed by atoms with Gasteiger partial charge < -0.3 is 0 Å². The zero-order valence-corrected chi connectivity index (χ0v) is 14.6. The minimum absolute atomic E-state index is 0.156. The van der Waals surface area contributed by atoms with Crippen LogP contribution < -0.4 is 0 Å². The van der Waals surface area contributed by atoms with E-state index in [1.54, 1.807) is 23.3 Å². The van der Waals surface area contributed by atoms with Crippen LogP contribution in [0.4, 0.5) is 0 Å². The summed E-state index contributed by atoms with van der Waals surface area (Å²) in [6.07, 6.45) is 6.26. The Kier molecular flexibility index (Phi) is 3.77. The van der Waals surface area contributed by atoms with Gasteiger partial charge in [-0.2, -0.15) is 5.10 Å². The maximum Gasteiger partial charge on any atom is 0.266 e. The van der Waals surface area contributed by atoms with Crippen LogP contribution in [-0.4, -0.2) is 30.2 Å². The van der Waals surface area contributed by atoms with Gasteiger partial charge in [-0.3, -0.25) is 9.36 Å². The normalized spacial score (nSPS) is 11.0. The number of aryl methyl sites for hydroxylation is 1. The lowest BCUT2D eigenvalue weighted by Gasteiger charge is -2.02. The third-order valence-corrected chi connectivity index (χ3v) is 4.82. The second-order valence-corrected chi connectivity index (χ2v) is 6.55. The number of nitrogens with zero attached hydrogens (tertiary/aromatic N) is 5. The molecule has 1 aromatic carbocycles. The van der Waals surface area contributed by atoms with Crippen LogP contribution in [0.15, 0.2) is 54.6 Å². The maximum absolute atomic E-state index is 12.5. The Morgan fingerprint density at radius 1 is 1.16 bits per heavy atom. The average Bonchev–Trinajstić information content (AvgIpc) is 3.35. The summed E-state index contributed by atoms with van der Waals surface area (Å²) >= 11 is 1.50. The van der Waals surface area contributed by atoms with E-state index in [1.807, 2.05) is 12.3 Å². The fourth-order valence-electron chi connectivity index (χ4n) is 2.55. The van der Waals surface area contributed by atoms with Crippen LogP contribution in [0.1, 0.15) is 21.6 Å². The molecule has 3 heterocycles. The van der Waals surface area contributed by atoms with Gasteiger partial charge in [0.1, 0.15) is 6.33 Å². The van der Waals surface area contributed by atoms with E-state index in [1.165, 1.54) is 27.8 Å². The van der Waals surface area contributed by atoms with Crippen LogP contribution in [0, 0.1) is 13.8 Å². The lowest BCUT2D eigenvalue weighted by atomic mass is 10.1. The molecule has 0 amide bonds. The number of imidazole rings is 1. The van der Waals surface area contributed by atoms with Crippen molar-refractivity contribution >= 4 is 17.2 Å². The predicted octanol–water partition coefficient (Wildman–Crippen LogP) is 3.50. The summed E-state index contributed by atoms with van der Waals surface area (Å²) in [4.78, 5) is 21.1. The molecule has 0 fully saturated rings. The first-order valence-corrected chi connectivity index (χ1v) is 8.61. The van der Waals surface area contributed by atoms with Crippen molar-refractivity contribution in [3.8, 4) is 16.4 Å². The number of carbonyl (C=O) groups is 1. The van der Waals surface area contributed by atoms with Gasteiger partial charge in [-0.25, -0.2) is 14.6 Å². The van der Waals surface area contributed by atoms with E-state index in [2.05, 4.69) is 46.3 Å². The van der Waals surface area contributed by atoms with E-state index in [9.17, 15) is 4.79 Å². The molecule has 0 aliphatic rings. The fourth-order valence-corrected chi connectivity index (χ4v) is 3.39. The summed E-state index contributed by atoms with van der Waals surface area (Å²) in [7, 11) is 0. The Morgan fingerprint density at radius 2 is 1.96 bits per heavy atom. The van der Waals surface area contributed by atoms with E-state index < -0.39 is 0 Å². The molecule has 4 rings (SSSR count). The number of hydrogen-bond acceptors (Lipinski definition) is 5. The van der Waals surface area contributed by atoms with E-state index >= 15 is 0 Å². The quantitative estimate of drug-likeness (QED) is 0.568. The van der Waals surface area contributed by atoms with Crippen molar-refractivity contribution in [1.29, 1.82) is 0 Å². The smallest absolute Gasteiger partial charge is 0.266 e. The van der Waals surface area contributed by atoms with Gasteiger partial charge in [0.05, 0.1) is 23.1 Å². The zero-order chi connectivity index (χ0) is 17.4. The summed E-state index contributed by atoms with van der Waals surface area (Å²) in [5.74, 6) is -0.156. The Labute approximate surface area is 148 Å². The van der Waals surface area contributed by atoms with Crippen molar-refractivity contribution in [2.75, 3.05) is 0 Å². The molecule has 0 saturated heterocycles. The second-order valence-electron chi connectivity index (χ2n) is 5.71. The van der Waals surface area contributed by atoms with Gasteiger partial charge in [0.25, 0.3) is 5.91 Å². The van der Waals surface area contributed by atoms with Crippen molar-refractivity contribution in [1.82, 2.24) is 24.3 Å². The summed E-state index contributed by atoms with van der Waals surface area (Å²) in [6.45, 7) is 3.92. The van der Waals surface area contributed by atoms with Gasteiger partial charge in [0, 0.05) is 23.3 Å². The SMILES string of the molecule is Cc1ccc(-c2csc(-n3ncc(C(=O)n4ccnc4)c3C)n2)cc1. The summed E-state index contributed by atoms with van der Waals surface area (Å²) in [5.41, 5.74) is 4.46.